The predicted octanol–water partition coefficient (Wildman–Crippen LogP) is -0.993. The molecule has 1 amide bonds. The summed E-state index contributed by atoms with van der Waals surface area (Å²) in [6.07, 6.45) is 0.0366. The van der Waals surface area contributed by atoms with Crippen molar-refractivity contribution in [1.82, 2.24) is 5.32 Å². The summed E-state index contributed by atoms with van der Waals surface area (Å²) in [6, 6.07) is 0. The number of ketones is 1. The summed E-state index contributed by atoms with van der Waals surface area (Å²) in [5.41, 5.74) is -1.32. The van der Waals surface area contributed by atoms with Crippen molar-refractivity contribution in [2.24, 2.45) is 5.41 Å². The maximum absolute atomic E-state index is 11.5. The van der Waals surface area contributed by atoms with Crippen LogP contribution >= 0.6 is 0 Å². The summed E-state index contributed by atoms with van der Waals surface area (Å²) in [5.74, 6) is -1.41. The molecule has 0 aromatic heterocycles. The lowest BCUT2D eigenvalue weighted by Crippen LogP contribution is -2.40. The van der Waals surface area contributed by atoms with Gasteiger partial charge in [-0.3, -0.25) is 14.4 Å². The van der Waals surface area contributed by atoms with Crippen molar-refractivity contribution in [3.8, 4) is 0 Å². The average Bonchev–Trinajstić information content (AvgIpc) is 2.58. The minimum atomic E-state index is -1.32. The fraction of sp³-hybridized carbons (Fsp3) is 0.700. The highest BCUT2D eigenvalue weighted by molar-refractivity contribution is 6.06. The molecule has 1 aliphatic heterocycles. The molecule has 0 saturated carbocycles. The zero-order valence-electron chi connectivity index (χ0n) is 9.12. The van der Waals surface area contributed by atoms with Crippen molar-refractivity contribution >= 4 is 17.7 Å². The molecule has 0 radical (unpaired) electrons. The zero-order valence-corrected chi connectivity index (χ0v) is 9.12. The smallest absolute Gasteiger partial charge is 0.320 e. The number of aliphatic hydroxyl groups is 1. The van der Waals surface area contributed by atoms with E-state index in [-0.39, 0.29) is 38.4 Å². The van der Waals surface area contributed by atoms with Crippen LogP contribution in [0.25, 0.3) is 0 Å². The van der Waals surface area contributed by atoms with E-state index in [0.717, 1.165) is 0 Å². The highest BCUT2D eigenvalue weighted by Gasteiger charge is 2.50. The Labute approximate surface area is 93.0 Å². The second-order valence-corrected chi connectivity index (χ2v) is 3.77. The van der Waals surface area contributed by atoms with Crippen molar-refractivity contribution in [2.75, 3.05) is 19.8 Å². The second-order valence-electron chi connectivity index (χ2n) is 3.77. The van der Waals surface area contributed by atoms with E-state index < -0.39 is 17.3 Å². The molecule has 1 saturated heterocycles. The molecule has 0 aromatic rings. The van der Waals surface area contributed by atoms with Gasteiger partial charge >= 0.3 is 5.97 Å². The molecular weight excluding hydrogens is 214 g/mol. The van der Waals surface area contributed by atoms with Gasteiger partial charge in [-0.1, -0.05) is 0 Å². The molecule has 1 unspecified atom stereocenters. The molecule has 1 fully saturated rings. The molecule has 6 nitrogen and oxygen atoms in total. The van der Waals surface area contributed by atoms with E-state index in [1.165, 1.54) is 6.92 Å². The molecule has 1 atom stereocenters. The van der Waals surface area contributed by atoms with Gasteiger partial charge in [-0.2, -0.15) is 0 Å². The van der Waals surface area contributed by atoms with Gasteiger partial charge in [0.05, 0.1) is 13.2 Å². The van der Waals surface area contributed by atoms with E-state index >= 15 is 0 Å². The molecule has 90 valence electrons. The van der Waals surface area contributed by atoms with Gasteiger partial charge in [0, 0.05) is 19.4 Å². The van der Waals surface area contributed by atoms with E-state index in [0.29, 0.717) is 0 Å². The molecule has 16 heavy (non-hydrogen) atoms. The van der Waals surface area contributed by atoms with Crippen LogP contribution in [0, 0.1) is 5.41 Å². The van der Waals surface area contributed by atoms with Crippen molar-refractivity contribution in [1.29, 1.82) is 0 Å². The van der Waals surface area contributed by atoms with Crippen LogP contribution in [0.15, 0.2) is 0 Å². The lowest BCUT2D eigenvalue weighted by atomic mass is 9.79. The number of cyclic esters (lactones) is 1. The fourth-order valence-electron chi connectivity index (χ4n) is 1.69. The third-order valence-corrected chi connectivity index (χ3v) is 2.72. The number of hydrogen-bond acceptors (Lipinski definition) is 5. The predicted molar refractivity (Wildman–Crippen MR) is 53.4 cm³/mol. The molecule has 0 aliphatic carbocycles. The summed E-state index contributed by atoms with van der Waals surface area (Å²) in [4.78, 5) is 34.4. The van der Waals surface area contributed by atoms with Crippen LogP contribution in [-0.4, -0.2) is 42.5 Å². The first kappa shape index (κ1) is 12.6. The standard InChI is InChI=1S/C10H15NO5/c1-7(13)10(2-5-16-9(10)15)6-8(14)11-3-4-12/h12H,2-6H2,1H3,(H,11,14). The van der Waals surface area contributed by atoms with Gasteiger partial charge in [-0.15, -0.1) is 0 Å². The van der Waals surface area contributed by atoms with Crippen LogP contribution < -0.4 is 5.32 Å². The van der Waals surface area contributed by atoms with Crippen LogP contribution in [-0.2, 0) is 19.1 Å². The van der Waals surface area contributed by atoms with E-state index in [9.17, 15) is 14.4 Å². The Morgan fingerprint density at radius 2 is 2.25 bits per heavy atom. The Bertz CT molecular complexity index is 314. The SMILES string of the molecule is CC(=O)C1(CC(=O)NCCO)CCOC1=O. The minimum Gasteiger partial charge on any atom is -0.465 e. The maximum atomic E-state index is 11.5. The lowest BCUT2D eigenvalue weighted by molar-refractivity contribution is -0.153. The summed E-state index contributed by atoms with van der Waals surface area (Å²) < 4.78 is 4.75. The Kier molecular flexibility index (Phi) is 4.00. The summed E-state index contributed by atoms with van der Waals surface area (Å²) in [5, 5.41) is 10.9. The van der Waals surface area contributed by atoms with Crippen LogP contribution in [0.4, 0.5) is 0 Å². The molecule has 1 heterocycles. The minimum absolute atomic E-state index is 0.113. The van der Waals surface area contributed by atoms with Crippen molar-refractivity contribution in [3.63, 3.8) is 0 Å². The normalized spacial score (nSPS) is 24.0. The van der Waals surface area contributed by atoms with Gasteiger partial charge in [-0.25, -0.2) is 0 Å². The maximum Gasteiger partial charge on any atom is 0.320 e. The molecular formula is C10H15NO5. The van der Waals surface area contributed by atoms with Crippen LogP contribution in [0.5, 0.6) is 0 Å². The fourth-order valence-corrected chi connectivity index (χ4v) is 1.69. The number of Topliss-reactive ketones (excluding diaryl/α,β-unsaturated/α-hetero) is 1. The van der Waals surface area contributed by atoms with Gasteiger partial charge in [0.15, 0.2) is 0 Å². The number of rotatable bonds is 5. The lowest BCUT2D eigenvalue weighted by Gasteiger charge is -2.20. The van der Waals surface area contributed by atoms with E-state index in [2.05, 4.69) is 5.32 Å². The molecule has 0 spiro atoms. The summed E-state index contributed by atoms with van der Waals surface area (Å²) >= 11 is 0. The number of aliphatic hydroxyl groups excluding tert-OH is 1. The summed E-state index contributed by atoms with van der Waals surface area (Å²) in [7, 11) is 0. The highest BCUT2D eigenvalue weighted by Crippen LogP contribution is 2.34. The molecule has 0 aromatic carbocycles. The topological polar surface area (TPSA) is 92.7 Å². The van der Waals surface area contributed by atoms with E-state index in [1.807, 2.05) is 0 Å². The Balaban J connectivity index is 2.69. The number of ether oxygens (including phenoxy) is 1. The van der Waals surface area contributed by atoms with Crippen LogP contribution in [0.3, 0.4) is 0 Å². The number of nitrogens with one attached hydrogen (secondary N) is 1. The Hall–Kier alpha value is -1.43. The quantitative estimate of drug-likeness (QED) is 0.466. The Morgan fingerprint density at radius 3 is 2.69 bits per heavy atom. The number of esters is 1. The van der Waals surface area contributed by atoms with Gasteiger partial charge < -0.3 is 15.2 Å². The average molecular weight is 229 g/mol. The first-order chi connectivity index (χ1) is 7.53. The van der Waals surface area contributed by atoms with Crippen LogP contribution in [0.1, 0.15) is 19.8 Å². The molecule has 2 N–H and O–H groups in total. The number of carbonyl (C=O) groups is 3. The first-order valence-corrected chi connectivity index (χ1v) is 5.09. The largest absolute Gasteiger partial charge is 0.465 e. The number of carbonyl (C=O) groups excluding carboxylic acids is 3. The highest BCUT2D eigenvalue weighted by atomic mass is 16.5. The molecule has 1 rings (SSSR count). The second kappa shape index (κ2) is 5.07. The van der Waals surface area contributed by atoms with Gasteiger partial charge in [-0.05, 0) is 6.92 Å². The zero-order chi connectivity index (χ0) is 12.2. The molecule has 1 aliphatic rings. The molecule has 0 bridgehead atoms. The first-order valence-electron chi connectivity index (χ1n) is 5.09. The van der Waals surface area contributed by atoms with Gasteiger partial charge in [0.1, 0.15) is 11.2 Å². The van der Waals surface area contributed by atoms with Crippen LogP contribution in [0.2, 0.25) is 0 Å². The number of hydrogen-bond donors (Lipinski definition) is 2. The monoisotopic (exact) mass is 229 g/mol. The third kappa shape index (κ3) is 2.38. The van der Waals surface area contributed by atoms with E-state index in [1.54, 1.807) is 0 Å². The molecule has 6 heteroatoms. The van der Waals surface area contributed by atoms with Crippen molar-refractivity contribution < 1.29 is 24.2 Å². The number of amides is 1. The van der Waals surface area contributed by atoms with Gasteiger partial charge in [0.2, 0.25) is 5.91 Å². The van der Waals surface area contributed by atoms with E-state index in [4.69, 9.17) is 9.84 Å². The van der Waals surface area contributed by atoms with Crippen molar-refractivity contribution in [3.05, 3.63) is 0 Å². The van der Waals surface area contributed by atoms with Crippen molar-refractivity contribution in [2.45, 2.75) is 19.8 Å². The third-order valence-electron chi connectivity index (χ3n) is 2.72. The summed E-state index contributed by atoms with van der Waals surface area (Å²) in [6.45, 7) is 1.39. The van der Waals surface area contributed by atoms with Gasteiger partial charge in [0.25, 0.3) is 0 Å². The Morgan fingerprint density at radius 1 is 1.56 bits per heavy atom.